The van der Waals surface area contributed by atoms with Crippen molar-refractivity contribution >= 4 is 11.6 Å². The predicted octanol–water partition coefficient (Wildman–Crippen LogP) is 4.12. The van der Waals surface area contributed by atoms with Crippen molar-refractivity contribution in [2.45, 2.75) is 52.1 Å². The van der Waals surface area contributed by atoms with E-state index in [0.29, 0.717) is 0 Å². The van der Waals surface area contributed by atoms with Gasteiger partial charge in [-0.25, -0.2) is 4.39 Å². The predicted molar refractivity (Wildman–Crippen MR) is 89.6 cm³/mol. The summed E-state index contributed by atoms with van der Waals surface area (Å²) in [6, 6.07) is 5.35. The Morgan fingerprint density at radius 1 is 1.29 bits per heavy atom. The van der Waals surface area contributed by atoms with Crippen LogP contribution in [0.15, 0.2) is 18.2 Å². The number of nitrogens with one attached hydrogen (secondary N) is 1. The van der Waals surface area contributed by atoms with Gasteiger partial charge in [0.2, 0.25) is 0 Å². The Kier molecular flexibility index (Phi) is 7.11. The van der Waals surface area contributed by atoms with E-state index in [1.54, 1.807) is 12.1 Å². The van der Waals surface area contributed by atoms with Crippen LogP contribution < -0.4 is 5.32 Å². The molecule has 2 atom stereocenters. The topological polar surface area (TPSA) is 15.3 Å². The van der Waals surface area contributed by atoms with E-state index in [1.807, 2.05) is 13.1 Å². The standard InChI is InChI=1S/C17H28ClFN2/c1-6-17(4,21(7-2)8-3)16(20-5)12-13-9-10-14(18)15(19)11-13/h9-11,16,20H,6-8,12H2,1-5H3. The van der Waals surface area contributed by atoms with E-state index in [2.05, 4.69) is 37.9 Å². The molecule has 1 aromatic rings. The van der Waals surface area contributed by atoms with Crippen molar-refractivity contribution in [3.05, 3.63) is 34.6 Å². The van der Waals surface area contributed by atoms with Gasteiger partial charge in [-0.05, 0) is 57.6 Å². The summed E-state index contributed by atoms with van der Waals surface area (Å²) in [6.07, 6.45) is 1.82. The first-order chi connectivity index (χ1) is 9.92. The summed E-state index contributed by atoms with van der Waals surface area (Å²) in [5, 5.41) is 3.61. The van der Waals surface area contributed by atoms with E-state index in [4.69, 9.17) is 11.6 Å². The minimum absolute atomic E-state index is 0.0361. The van der Waals surface area contributed by atoms with Gasteiger partial charge in [0.25, 0.3) is 0 Å². The molecular weight excluding hydrogens is 287 g/mol. The molecule has 0 bridgehead atoms. The fraction of sp³-hybridized carbons (Fsp3) is 0.647. The third-order valence-corrected chi connectivity index (χ3v) is 5.03. The Morgan fingerprint density at radius 3 is 2.33 bits per heavy atom. The van der Waals surface area contributed by atoms with Gasteiger partial charge in [-0.15, -0.1) is 0 Å². The van der Waals surface area contributed by atoms with Crippen LogP contribution in [0.4, 0.5) is 4.39 Å². The number of benzene rings is 1. The van der Waals surface area contributed by atoms with Gasteiger partial charge in [0.1, 0.15) is 5.82 Å². The van der Waals surface area contributed by atoms with Crippen LogP contribution in [0.2, 0.25) is 5.02 Å². The van der Waals surface area contributed by atoms with Gasteiger partial charge in [-0.1, -0.05) is 38.4 Å². The summed E-state index contributed by atoms with van der Waals surface area (Å²) >= 11 is 5.76. The van der Waals surface area contributed by atoms with E-state index >= 15 is 0 Å². The minimum Gasteiger partial charge on any atom is -0.315 e. The van der Waals surface area contributed by atoms with Crippen molar-refractivity contribution in [3.8, 4) is 0 Å². The quantitative estimate of drug-likeness (QED) is 0.776. The molecule has 0 heterocycles. The summed E-state index contributed by atoms with van der Waals surface area (Å²) in [4.78, 5) is 2.47. The van der Waals surface area contributed by atoms with E-state index in [0.717, 1.165) is 31.5 Å². The Morgan fingerprint density at radius 2 is 1.90 bits per heavy atom. The molecule has 0 spiro atoms. The maximum Gasteiger partial charge on any atom is 0.142 e. The first kappa shape index (κ1) is 18.4. The SMILES string of the molecule is CCN(CC)C(C)(CC)C(Cc1ccc(Cl)c(F)c1)NC. The molecule has 1 aromatic carbocycles. The van der Waals surface area contributed by atoms with Gasteiger partial charge in [-0.3, -0.25) is 4.90 Å². The molecule has 0 saturated carbocycles. The molecule has 2 unspecified atom stereocenters. The number of rotatable bonds is 8. The third-order valence-electron chi connectivity index (χ3n) is 4.72. The Bertz CT molecular complexity index is 448. The molecule has 0 amide bonds. The summed E-state index contributed by atoms with van der Waals surface area (Å²) in [5.41, 5.74) is 1.01. The zero-order valence-electron chi connectivity index (χ0n) is 13.8. The maximum atomic E-state index is 13.6. The lowest BCUT2D eigenvalue weighted by atomic mass is 9.83. The monoisotopic (exact) mass is 314 g/mol. The summed E-state index contributed by atoms with van der Waals surface area (Å²) in [7, 11) is 1.98. The van der Waals surface area contributed by atoms with E-state index in [-0.39, 0.29) is 22.4 Å². The van der Waals surface area contributed by atoms with Crippen LogP contribution in [0.25, 0.3) is 0 Å². The largest absolute Gasteiger partial charge is 0.315 e. The molecular formula is C17H28ClFN2. The molecule has 1 rings (SSSR count). The molecule has 1 N–H and O–H groups in total. The first-order valence-electron chi connectivity index (χ1n) is 7.79. The number of likely N-dealkylation sites (N-methyl/N-ethyl adjacent to an activating group) is 2. The van der Waals surface area contributed by atoms with Crippen LogP contribution in [0.1, 0.15) is 39.7 Å². The number of nitrogens with zero attached hydrogens (tertiary/aromatic N) is 1. The molecule has 2 nitrogen and oxygen atoms in total. The highest BCUT2D eigenvalue weighted by Gasteiger charge is 2.36. The lowest BCUT2D eigenvalue weighted by molar-refractivity contribution is 0.0730. The van der Waals surface area contributed by atoms with Crippen molar-refractivity contribution in [3.63, 3.8) is 0 Å². The molecule has 4 heteroatoms. The van der Waals surface area contributed by atoms with Crippen LogP contribution in [-0.2, 0) is 6.42 Å². The fourth-order valence-electron chi connectivity index (χ4n) is 3.17. The van der Waals surface area contributed by atoms with Crippen LogP contribution >= 0.6 is 11.6 Å². The van der Waals surface area contributed by atoms with Crippen LogP contribution in [0, 0.1) is 5.82 Å². The van der Waals surface area contributed by atoms with E-state index < -0.39 is 0 Å². The smallest absolute Gasteiger partial charge is 0.142 e. The molecule has 0 fully saturated rings. The second-order valence-corrected chi connectivity index (χ2v) is 6.08. The molecule has 21 heavy (non-hydrogen) atoms. The highest BCUT2D eigenvalue weighted by atomic mass is 35.5. The Labute approximate surface area is 133 Å². The van der Waals surface area contributed by atoms with E-state index in [1.165, 1.54) is 0 Å². The number of hydrogen-bond acceptors (Lipinski definition) is 2. The lowest BCUT2D eigenvalue weighted by Crippen LogP contribution is -2.59. The van der Waals surface area contributed by atoms with Crippen LogP contribution in [0.3, 0.4) is 0 Å². The van der Waals surface area contributed by atoms with Crippen molar-refractivity contribution in [1.29, 1.82) is 0 Å². The summed E-state index contributed by atoms with van der Waals surface area (Å²) in [5.74, 6) is -0.343. The zero-order chi connectivity index (χ0) is 16.0. The Hall–Kier alpha value is -0.640. The normalized spacial score (nSPS) is 16.0. The van der Waals surface area contributed by atoms with Gasteiger partial charge in [0.05, 0.1) is 5.02 Å². The molecule has 0 aliphatic heterocycles. The first-order valence-corrected chi connectivity index (χ1v) is 8.16. The fourth-order valence-corrected chi connectivity index (χ4v) is 3.29. The van der Waals surface area contributed by atoms with Gasteiger partial charge in [-0.2, -0.15) is 0 Å². The highest BCUT2D eigenvalue weighted by Crippen LogP contribution is 2.27. The number of halogens is 2. The molecule has 0 saturated heterocycles. The molecule has 0 aliphatic rings. The highest BCUT2D eigenvalue weighted by molar-refractivity contribution is 6.30. The van der Waals surface area contributed by atoms with Crippen molar-refractivity contribution in [2.24, 2.45) is 0 Å². The average Bonchev–Trinajstić information content (AvgIpc) is 2.49. The van der Waals surface area contributed by atoms with Gasteiger partial charge >= 0.3 is 0 Å². The van der Waals surface area contributed by atoms with E-state index in [9.17, 15) is 4.39 Å². The van der Waals surface area contributed by atoms with Crippen molar-refractivity contribution < 1.29 is 4.39 Å². The van der Waals surface area contributed by atoms with Crippen molar-refractivity contribution in [1.82, 2.24) is 10.2 Å². The molecule has 0 aliphatic carbocycles. The minimum atomic E-state index is -0.343. The maximum absolute atomic E-state index is 13.6. The molecule has 0 aromatic heterocycles. The second-order valence-electron chi connectivity index (χ2n) is 5.68. The summed E-state index contributed by atoms with van der Waals surface area (Å²) < 4.78 is 13.6. The molecule has 120 valence electrons. The average molecular weight is 315 g/mol. The van der Waals surface area contributed by atoms with Gasteiger partial charge in [0, 0.05) is 11.6 Å². The van der Waals surface area contributed by atoms with Crippen LogP contribution in [0.5, 0.6) is 0 Å². The second kappa shape index (κ2) is 8.11. The third kappa shape index (κ3) is 4.18. The van der Waals surface area contributed by atoms with Crippen LogP contribution in [-0.4, -0.2) is 36.6 Å². The zero-order valence-corrected chi connectivity index (χ0v) is 14.6. The van der Waals surface area contributed by atoms with Gasteiger partial charge < -0.3 is 5.32 Å². The summed E-state index contributed by atoms with van der Waals surface area (Å²) in [6.45, 7) is 10.9. The molecule has 0 radical (unpaired) electrons. The number of hydrogen-bond donors (Lipinski definition) is 1. The van der Waals surface area contributed by atoms with Gasteiger partial charge in [0.15, 0.2) is 0 Å². The Balaban J connectivity index is 3.01. The van der Waals surface area contributed by atoms with Crippen molar-refractivity contribution in [2.75, 3.05) is 20.1 Å². The lowest BCUT2D eigenvalue weighted by Gasteiger charge is -2.46.